The number of hydrogen-bond donors (Lipinski definition) is 2. The fourth-order valence-electron chi connectivity index (χ4n) is 1.98. The Morgan fingerprint density at radius 3 is 2.78 bits per heavy atom. The molecule has 2 aromatic carbocycles. The molecule has 0 heterocycles. The highest BCUT2D eigenvalue weighted by atomic mass is 79.9. The van der Waals surface area contributed by atoms with Gasteiger partial charge in [-0.3, -0.25) is 4.79 Å². The van der Waals surface area contributed by atoms with Crippen molar-refractivity contribution in [2.45, 2.75) is 13.3 Å². The Labute approximate surface area is 148 Å². The number of benzene rings is 2. The van der Waals surface area contributed by atoms with Gasteiger partial charge in [0.15, 0.2) is 0 Å². The second kappa shape index (κ2) is 8.00. The second-order valence-corrected chi connectivity index (χ2v) is 6.31. The first kappa shape index (κ1) is 17.3. The third-order valence-corrected chi connectivity index (χ3v) is 4.05. The Bertz CT molecular complexity index is 771. The molecule has 0 unspecified atom stereocenters. The van der Waals surface area contributed by atoms with Gasteiger partial charge in [-0.25, -0.2) is 0 Å². The summed E-state index contributed by atoms with van der Waals surface area (Å²) in [6.45, 7) is 2.42. The topological polar surface area (TPSA) is 64.9 Å². The van der Waals surface area contributed by atoms with E-state index in [9.17, 15) is 4.79 Å². The van der Waals surface area contributed by atoms with Gasteiger partial charge in [-0.15, -0.1) is 0 Å². The second-order valence-electron chi connectivity index (χ2n) is 4.99. The van der Waals surface area contributed by atoms with Crippen molar-refractivity contribution in [2.75, 3.05) is 17.2 Å². The minimum absolute atomic E-state index is 0.0709. The summed E-state index contributed by atoms with van der Waals surface area (Å²) in [5.74, 6) is -0.0709. The average Bonchev–Trinajstić information content (AvgIpc) is 2.51. The van der Waals surface area contributed by atoms with E-state index >= 15 is 0 Å². The maximum atomic E-state index is 12.0. The average molecular weight is 393 g/mol. The number of halogens is 2. The van der Waals surface area contributed by atoms with Gasteiger partial charge in [-0.05, 0) is 42.8 Å². The zero-order chi connectivity index (χ0) is 16.8. The molecule has 0 spiro atoms. The number of nitriles is 1. The first-order chi connectivity index (χ1) is 11.0. The number of carbonyl (C=O) groups excluding carboxylic acids is 1. The molecule has 0 saturated carbocycles. The van der Waals surface area contributed by atoms with Crippen LogP contribution in [-0.4, -0.2) is 12.5 Å². The normalized spacial score (nSPS) is 10.0. The molecule has 1 amide bonds. The van der Waals surface area contributed by atoms with Crippen LogP contribution in [0.15, 0.2) is 40.9 Å². The Hall–Kier alpha value is -2.03. The van der Waals surface area contributed by atoms with E-state index in [0.717, 1.165) is 21.4 Å². The lowest BCUT2D eigenvalue weighted by atomic mass is 10.2. The molecule has 2 aromatic rings. The van der Waals surface area contributed by atoms with Crippen molar-refractivity contribution in [1.82, 2.24) is 0 Å². The van der Waals surface area contributed by atoms with Crippen LogP contribution in [0, 0.1) is 18.3 Å². The van der Waals surface area contributed by atoms with Crippen LogP contribution in [-0.2, 0) is 4.79 Å². The van der Waals surface area contributed by atoms with Crippen molar-refractivity contribution in [2.24, 2.45) is 0 Å². The highest BCUT2D eigenvalue weighted by Crippen LogP contribution is 2.21. The molecule has 2 N–H and O–H groups in total. The fourth-order valence-corrected chi connectivity index (χ4v) is 2.56. The van der Waals surface area contributed by atoms with Crippen LogP contribution in [0.3, 0.4) is 0 Å². The van der Waals surface area contributed by atoms with Crippen LogP contribution in [0.2, 0.25) is 5.02 Å². The number of anilines is 2. The molecular weight excluding hydrogens is 378 g/mol. The summed E-state index contributed by atoms with van der Waals surface area (Å²) in [4.78, 5) is 12.0. The van der Waals surface area contributed by atoms with E-state index in [4.69, 9.17) is 16.9 Å². The van der Waals surface area contributed by atoms with E-state index in [2.05, 4.69) is 26.6 Å². The molecular formula is C17H15BrClN3O. The molecule has 2 rings (SSSR count). The van der Waals surface area contributed by atoms with Crippen molar-refractivity contribution in [1.29, 1.82) is 5.26 Å². The van der Waals surface area contributed by atoms with Crippen molar-refractivity contribution in [3.8, 4) is 6.07 Å². The van der Waals surface area contributed by atoms with Gasteiger partial charge in [0.1, 0.15) is 6.07 Å². The summed E-state index contributed by atoms with van der Waals surface area (Å²) in [6, 6.07) is 12.8. The van der Waals surface area contributed by atoms with E-state index in [-0.39, 0.29) is 5.91 Å². The number of rotatable bonds is 5. The highest BCUT2D eigenvalue weighted by molar-refractivity contribution is 9.10. The monoisotopic (exact) mass is 391 g/mol. The van der Waals surface area contributed by atoms with Gasteiger partial charge in [0.05, 0.1) is 10.6 Å². The van der Waals surface area contributed by atoms with Gasteiger partial charge in [0, 0.05) is 28.8 Å². The van der Waals surface area contributed by atoms with Crippen LogP contribution in [0.1, 0.15) is 17.5 Å². The molecule has 0 aromatic heterocycles. The van der Waals surface area contributed by atoms with E-state index in [1.165, 1.54) is 0 Å². The molecule has 0 aliphatic heterocycles. The molecule has 118 valence electrons. The van der Waals surface area contributed by atoms with Crippen molar-refractivity contribution in [3.05, 3.63) is 57.0 Å². The van der Waals surface area contributed by atoms with Crippen LogP contribution >= 0.6 is 27.5 Å². The molecule has 23 heavy (non-hydrogen) atoms. The smallest absolute Gasteiger partial charge is 0.226 e. The van der Waals surface area contributed by atoms with E-state index in [1.807, 2.05) is 31.2 Å². The van der Waals surface area contributed by atoms with Gasteiger partial charge in [-0.1, -0.05) is 33.6 Å². The number of nitrogens with zero attached hydrogens (tertiary/aromatic N) is 1. The first-order valence-electron chi connectivity index (χ1n) is 6.99. The lowest BCUT2D eigenvalue weighted by Crippen LogP contribution is -2.16. The van der Waals surface area contributed by atoms with E-state index in [0.29, 0.717) is 23.6 Å². The molecule has 6 heteroatoms. The first-order valence-corrected chi connectivity index (χ1v) is 8.16. The molecule has 0 bridgehead atoms. The van der Waals surface area contributed by atoms with Gasteiger partial charge in [-0.2, -0.15) is 5.26 Å². The zero-order valence-corrected chi connectivity index (χ0v) is 14.8. The summed E-state index contributed by atoms with van der Waals surface area (Å²) in [5.41, 5.74) is 3.01. The van der Waals surface area contributed by atoms with Gasteiger partial charge >= 0.3 is 0 Å². The number of nitrogens with one attached hydrogen (secondary N) is 2. The predicted molar refractivity (Wildman–Crippen MR) is 96.8 cm³/mol. The molecule has 0 aliphatic carbocycles. The maximum Gasteiger partial charge on any atom is 0.226 e. The number of amides is 1. The third kappa shape index (κ3) is 4.98. The Balaban J connectivity index is 1.86. The highest BCUT2D eigenvalue weighted by Gasteiger charge is 2.06. The molecule has 0 fully saturated rings. The van der Waals surface area contributed by atoms with Crippen LogP contribution in [0.5, 0.6) is 0 Å². The van der Waals surface area contributed by atoms with Gasteiger partial charge in [0.2, 0.25) is 5.91 Å². The fraction of sp³-hybridized carbons (Fsp3) is 0.176. The molecule has 0 radical (unpaired) electrons. The van der Waals surface area contributed by atoms with E-state index in [1.54, 1.807) is 18.2 Å². The molecule has 0 saturated heterocycles. The third-order valence-electron chi connectivity index (χ3n) is 3.24. The molecule has 0 atom stereocenters. The molecule has 4 nitrogen and oxygen atoms in total. The van der Waals surface area contributed by atoms with Gasteiger partial charge in [0.25, 0.3) is 0 Å². The SMILES string of the molecule is Cc1ccc(Br)cc1NC(=O)CCNc1ccc(C#N)c(Cl)c1. The van der Waals surface area contributed by atoms with Gasteiger partial charge < -0.3 is 10.6 Å². The standard InChI is InChI=1S/C17H15BrClN3O/c1-11-2-4-13(18)8-16(11)22-17(23)6-7-21-14-5-3-12(10-20)15(19)9-14/h2-5,8-9,21H,6-7H2,1H3,(H,22,23). The van der Waals surface area contributed by atoms with Crippen LogP contribution < -0.4 is 10.6 Å². The Morgan fingerprint density at radius 1 is 1.30 bits per heavy atom. The predicted octanol–water partition coefficient (Wildman–Crippen LogP) is 4.72. The van der Waals surface area contributed by atoms with Crippen molar-refractivity contribution in [3.63, 3.8) is 0 Å². The minimum atomic E-state index is -0.0709. The number of hydrogen-bond acceptors (Lipinski definition) is 3. The molecule has 0 aliphatic rings. The lowest BCUT2D eigenvalue weighted by molar-refractivity contribution is -0.115. The number of carbonyl (C=O) groups is 1. The lowest BCUT2D eigenvalue weighted by Gasteiger charge is -2.10. The van der Waals surface area contributed by atoms with Crippen LogP contribution in [0.4, 0.5) is 11.4 Å². The van der Waals surface area contributed by atoms with Crippen molar-refractivity contribution >= 4 is 44.8 Å². The maximum absolute atomic E-state index is 12.0. The summed E-state index contributed by atoms with van der Waals surface area (Å²) >= 11 is 9.35. The largest absolute Gasteiger partial charge is 0.384 e. The summed E-state index contributed by atoms with van der Waals surface area (Å²) in [5, 5.41) is 15.2. The zero-order valence-electron chi connectivity index (χ0n) is 12.5. The summed E-state index contributed by atoms with van der Waals surface area (Å²) < 4.78 is 0.920. The number of aryl methyl sites for hydroxylation is 1. The van der Waals surface area contributed by atoms with Crippen molar-refractivity contribution < 1.29 is 4.79 Å². The Morgan fingerprint density at radius 2 is 2.09 bits per heavy atom. The van der Waals surface area contributed by atoms with E-state index < -0.39 is 0 Å². The van der Waals surface area contributed by atoms with Crippen LogP contribution in [0.25, 0.3) is 0 Å². The summed E-state index contributed by atoms with van der Waals surface area (Å²) in [7, 11) is 0. The Kier molecular flexibility index (Phi) is 6.03. The quantitative estimate of drug-likeness (QED) is 0.773. The minimum Gasteiger partial charge on any atom is -0.384 e. The summed E-state index contributed by atoms with van der Waals surface area (Å²) in [6.07, 6.45) is 0.323.